The molecule has 3 aromatic rings. The Bertz CT molecular complexity index is 821. The van der Waals surface area contributed by atoms with E-state index in [1.807, 2.05) is 0 Å². The van der Waals surface area contributed by atoms with Crippen LogP contribution in [0.25, 0.3) is 16.9 Å². The number of aryl methyl sites for hydroxylation is 1. The standard InChI is InChI=1S/C14H9F4N3/c1-8-13(20-12-3-2-11(15)7-21(8)12)9-4-10(6-19-5-9)14(16,17)18/h2-7H,1H3. The van der Waals surface area contributed by atoms with Crippen molar-refractivity contribution in [2.24, 2.45) is 0 Å². The number of hydrogen-bond acceptors (Lipinski definition) is 2. The van der Waals surface area contributed by atoms with E-state index < -0.39 is 17.6 Å². The van der Waals surface area contributed by atoms with Crippen molar-refractivity contribution in [3.8, 4) is 11.3 Å². The summed E-state index contributed by atoms with van der Waals surface area (Å²) < 4.78 is 52.9. The molecule has 0 unspecified atom stereocenters. The quantitative estimate of drug-likeness (QED) is 0.638. The molecule has 3 nitrogen and oxygen atoms in total. The Morgan fingerprint density at radius 3 is 2.62 bits per heavy atom. The minimum atomic E-state index is -4.47. The van der Waals surface area contributed by atoms with Crippen molar-refractivity contribution in [3.63, 3.8) is 0 Å². The third kappa shape index (κ3) is 2.35. The van der Waals surface area contributed by atoms with Gasteiger partial charge in [0.15, 0.2) is 0 Å². The van der Waals surface area contributed by atoms with E-state index in [2.05, 4.69) is 9.97 Å². The molecule has 0 aliphatic rings. The predicted molar refractivity (Wildman–Crippen MR) is 68.1 cm³/mol. The van der Waals surface area contributed by atoms with E-state index >= 15 is 0 Å². The van der Waals surface area contributed by atoms with Crippen LogP contribution >= 0.6 is 0 Å². The Morgan fingerprint density at radius 2 is 1.90 bits per heavy atom. The fourth-order valence-electron chi connectivity index (χ4n) is 2.13. The Labute approximate surface area is 116 Å². The monoisotopic (exact) mass is 295 g/mol. The molecule has 0 aliphatic heterocycles. The summed E-state index contributed by atoms with van der Waals surface area (Å²) >= 11 is 0. The highest BCUT2D eigenvalue weighted by Gasteiger charge is 2.31. The lowest BCUT2D eigenvalue weighted by Crippen LogP contribution is -2.05. The van der Waals surface area contributed by atoms with Crippen LogP contribution in [0, 0.1) is 12.7 Å². The maximum Gasteiger partial charge on any atom is 0.417 e. The third-order valence-electron chi connectivity index (χ3n) is 3.16. The smallest absolute Gasteiger partial charge is 0.301 e. The van der Waals surface area contributed by atoms with Gasteiger partial charge in [0, 0.05) is 29.8 Å². The van der Waals surface area contributed by atoms with Crippen LogP contribution in [0.2, 0.25) is 0 Å². The Kier molecular flexibility index (Phi) is 2.93. The fourth-order valence-corrected chi connectivity index (χ4v) is 2.13. The molecule has 0 bridgehead atoms. The first kappa shape index (κ1) is 13.5. The number of nitrogens with zero attached hydrogens (tertiary/aromatic N) is 3. The molecule has 3 heterocycles. The van der Waals surface area contributed by atoms with Crippen molar-refractivity contribution in [1.82, 2.24) is 14.4 Å². The molecule has 0 fully saturated rings. The number of rotatable bonds is 1. The van der Waals surface area contributed by atoms with Crippen LogP contribution in [0.5, 0.6) is 0 Å². The average Bonchev–Trinajstić information content (AvgIpc) is 2.75. The van der Waals surface area contributed by atoms with Gasteiger partial charge in [-0.2, -0.15) is 13.2 Å². The van der Waals surface area contributed by atoms with E-state index in [1.54, 1.807) is 6.92 Å². The highest BCUT2D eigenvalue weighted by molar-refractivity contribution is 5.66. The molecule has 0 atom stereocenters. The van der Waals surface area contributed by atoms with Crippen molar-refractivity contribution in [3.05, 3.63) is 53.9 Å². The van der Waals surface area contributed by atoms with Crippen LogP contribution in [0.1, 0.15) is 11.3 Å². The lowest BCUT2D eigenvalue weighted by Gasteiger charge is -2.07. The first-order chi connectivity index (χ1) is 9.86. The molecule has 0 aliphatic carbocycles. The molecule has 0 saturated heterocycles. The van der Waals surface area contributed by atoms with E-state index in [0.717, 1.165) is 12.3 Å². The summed E-state index contributed by atoms with van der Waals surface area (Å²) in [6.45, 7) is 1.66. The van der Waals surface area contributed by atoms with Crippen LogP contribution < -0.4 is 0 Å². The average molecular weight is 295 g/mol. The second-order valence-corrected chi connectivity index (χ2v) is 4.58. The summed E-state index contributed by atoms with van der Waals surface area (Å²) in [7, 11) is 0. The van der Waals surface area contributed by atoms with Crippen molar-refractivity contribution < 1.29 is 17.6 Å². The highest BCUT2D eigenvalue weighted by atomic mass is 19.4. The molecule has 3 rings (SSSR count). The molecule has 3 aromatic heterocycles. The van der Waals surface area contributed by atoms with Crippen LogP contribution in [0.4, 0.5) is 17.6 Å². The minimum Gasteiger partial charge on any atom is -0.301 e. The second kappa shape index (κ2) is 4.54. The maximum atomic E-state index is 13.2. The van der Waals surface area contributed by atoms with E-state index in [1.165, 1.54) is 28.9 Å². The lowest BCUT2D eigenvalue weighted by atomic mass is 10.1. The zero-order valence-electron chi connectivity index (χ0n) is 10.8. The maximum absolute atomic E-state index is 13.2. The molecule has 0 amide bonds. The summed E-state index contributed by atoms with van der Waals surface area (Å²) in [5, 5.41) is 0. The van der Waals surface area contributed by atoms with Gasteiger partial charge < -0.3 is 4.40 Å². The van der Waals surface area contributed by atoms with Gasteiger partial charge in [0.2, 0.25) is 0 Å². The number of aromatic nitrogens is 3. The van der Waals surface area contributed by atoms with Crippen LogP contribution in [-0.2, 0) is 6.18 Å². The Morgan fingerprint density at radius 1 is 1.14 bits per heavy atom. The summed E-state index contributed by atoms with van der Waals surface area (Å²) in [5.41, 5.74) is 0.750. The van der Waals surface area contributed by atoms with Gasteiger partial charge in [-0.3, -0.25) is 4.98 Å². The fraction of sp³-hybridized carbons (Fsp3) is 0.143. The van der Waals surface area contributed by atoms with Gasteiger partial charge in [0.25, 0.3) is 0 Å². The lowest BCUT2D eigenvalue weighted by molar-refractivity contribution is -0.137. The van der Waals surface area contributed by atoms with Gasteiger partial charge in [0.1, 0.15) is 11.5 Å². The molecular weight excluding hydrogens is 286 g/mol. The number of alkyl halides is 3. The summed E-state index contributed by atoms with van der Waals surface area (Å²) in [5.74, 6) is -0.447. The first-order valence-electron chi connectivity index (χ1n) is 6.03. The van der Waals surface area contributed by atoms with Crippen LogP contribution in [0.3, 0.4) is 0 Å². The normalized spacial score (nSPS) is 12.0. The van der Waals surface area contributed by atoms with E-state index in [-0.39, 0.29) is 5.56 Å². The molecule has 0 radical (unpaired) electrons. The molecular formula is C14H9F4N3. The summed E-state index contributed by atoms with van der Waals surface area (Å²) in [6, 6.07) is 3.70. The van der Waals surface area contributed by atoms with Crippen molar-refractivity contribution in [1.29, 1.82) is 0 Å². The van der Waals surface area contributed by atoms with Gasteiger partial charge >= 0.3 is 6.18 Å². The van der Waals surface area contributed by atoms with E-state index in [0.29, 0.717) is 17.0 Å². The predicted octanol–water partition coefficient (Wildman–Crippen LogP) is 3.86. The molecule has 0 spiro atoms. The SMILES string of the molecule is Cc1c(-c2cncc(C(F)(F)F)c2)nc2ccc(F)cn12. The largest absolute Gasteiger partial charge is 0.417 e. The zero-order chi connectivity index (χ0) is 15.2. The number of fused-ring (bicyclic) bond motifs is 1. The van der Waals surface area contributed by atoms with E-state index in [4.69, 9.17) is 0 Å². The zero-order valence-corrected chi connectivity index (χ0v) is 10.8. The number of hydrogen-bond donors (Lipinski definition) is 0. The highest BCUT2D eigenvalue weighted by Crippen LogP contribution is 2.32. The van der Waals surface area contributed by atoms with E-state index in [9.17, 15) is 17.6 Å². The van der Waals surface area contributed by atoms with Gasteiger partial charge in [-0.15, -0.1) is 0 Å². The summed E-state index contributed by atoms with van der Waals surface area (Å²) in [4.78, 5) is 7.85. The first-order valence-corrected chi connectivity index (χ1v) is 6.03. The Balaban J connectivity index is 2.19. The number of pyridine rings is 2. The molecule has 21 heavy (non-hydrogen) atoms. The van der Waals surface area contributed by atoms with Gasteiger partial charge in [-0.05, 0) is 25.1 Å². The third-order valence-corrected chi connectivity index (χ3v) is 3.16. The van der Waals surface area contributed by atoms with Gasteiger partial charge in [-0.25, -0.2) is 9.37 Å². The molecule has 108 valence electrons. The van der Waals surface area contributed by atoms with Crippen LogP contribution in [0.15, 0.2) is 36.8 Å². The minimum absolute atomic E-state index is 0.242. The van der Waals surface area contributed by atoms with Crippen LogP contribution in [-0.4, -0.2) is 14.4 Å². The number of halogens is 4. The topological polar surface area (TPSA) is 30.2 Å². The second-order valence-electron chi connectivity index (χ2n) is 4.58. The molecule has 0 saturated carbocycles. The molecule has 0 aromatic carbocycles. The molecule has 7 heteroatoms. The van der Waals surface area contributed by atoms with Crippen molar-refractivity contribution >= 4 is 5.65 Å². The summed E-state index contributed by atoms with van der Waals surface area (Å²) in [6.07, 6.45) is -1.17. The van der Waals surface area contributed by atoms with Crippen molar-refractivity contribution in [2.75, 3.05) is 0 Å². The van der Waals surface area contributed by atoms with Gasteiger partial charge in [-0.1, -0.05) is 0 Å². The van der Waals surface area contributed by atoms with Gasteiger partial charge in [0.05, 0.1) is 11.3 Å². The Hall–Kier alpha value is -2.44. The number of imidazole rings is 1. The molecule has 0 N–H and O–H groups in total. The van der Waals surface area contributed by atoms with Crippen molar-refractivity contribution in [2.45, 2.75) is 13.1 Å².